The van der Waals surface area contributed by atoms with Crippen LogP contribution in [0.5, 0.6) is 0 Å². The highest BCUT2D eigenvalue weighted by Crippen LogP contribution is 2.15. The van der Waals surface area contributed by atoms with Gasteiger partial charge in [-0.25, -0.2) is 4.98 Å². The van der Waals surface area contributed by atoms with Crippen molar-refractivity contribution >= 4 is 17.2 Å². The highest BCUT2D eigenvalue weighted by molar-refractivity contribution is 6.30. The van der Waals surface area contributed by atoms with Gasteiger partial charge in [0.15, 0.2) is 0 Å². The summed E-state index contributed by atoms with van der Waals surface area (Å²) in [5.74, 6) is 0. The van der Waals surface area contributed by atoms with Crippen LogP contribution in [-0.4, -0.2) is 38.6 Å². The standard InChI is InChI=1S/C12H14ClN3O/c13-9-1-2-12-14-10(7-16(12)5-9)6-15-4-3-11(17)8-15/h1-2,5,7,11,17H,3-4,6,8H2. The second kappa shape index (κ2) is 4.29. The van der Waals surface area contributed by atoms with Crippen LogP contribution in [0.2, 0.25) is 5.02 Å². The summed E-state index contributed by atoms with van der Waals surface area (Å²) in [4.78, 5) is 6.74. The number of hydrogen-bond acceptors (Lipinski definition) is 3. The molecule has 1 N–H and O–H groups in total. The Morgan fingerprint density at radius 1 is 1.41 bits per heavy atom. The van der Waals surface area contributed by atoms with Gasteiger partial charge in [-0.1, -0.05) is 11.6 Å². The molecule has 1 aliphatic heterocycles. The van der Waals surface area contributed by atoms with E-state index in [9.17, 15) is 5.11 Å². The van der Waals surface area contributed by atoms with Crippen LogP contribution in [0.1, 0.15) is 12.1 Å². The zero-order valence-electron chi connectivity index (χ0n) is 9.38. The van der Waals surface area contributed by atoms with Crippen molar-refractivity contribution in [3.63, 3.8) is 0 Å². The quantitative estimate of drug-likeness (QED) is 0.881. The van der Waals surface area contributed by atoms with E-state index in [1.807, 2.05) is 28.9 Å². The lowest BCUT2D eigenvalue weighted by molar-refractivity contribution is 0.174. The van der Waals surface area contributed by atoms with Gasteiger partial charge in [-0.05, 0) is 18.6 Å². The highest BCUT2D eigenvalue weighted by Gasteiger charge is 2.20. The van der Waals surface area contributed by atoms with Crippen LogP contribution in [0.3, 0.4) is 0 Å². The average Bonchev–Trinajstić information content (AvgIpc) is 2.84. The second-order valence-corrected chi connectivity index (χ2v) is 4.96. The van der Waals surface area contributed by atoms with Crippen molar-refractivity contribution in [1.82, 2.24) is 14.3 Å². The normalized spacial score (nSPS) is 21.4. The van der Waals surface area contributed by atoms with Crippen molar-refractivity contribution < 1.29 is 5.11 Å². The number of likely N-dealkylation sites (tertiary alicyclic amines) is 1. The third-order valence-electron chi connectivity index (χ3n) is 3.10. The number of fused-ring (bicyclic) bond motifs is 1. The number of pyridine rings is 1. The predicted octanol–water partition coefficient (Wildman–Crippen LogP) is 1.55. The third kappa shape index (κ3) is 2.29. The lowest BCUT2D eigenvalue weighted by Gasteiger charge is -2.12. The fourth-order valence-electron chi connectivity index (χ4n) is 2.28. The summed E-state index contributed by atoms with van der Waals surface area (Å²) in [5.41, 5.74) is 1.92. The second-order valence-electron chi connectivity index (χ2n) is 4.52. The Balaban J connectivity index is 1.81. The number of aliphatic hydroxyl groups is 1. The summed E-state index contributed by atoms with van der Waals surface area (Å²) in [6, 6.07) is 3.75. The first-order chi connectivity index (χ1) is 8.20. The third-order valence-corrected chi connectivity index (χ3v) is 3.32. The fourth-order valence-corrected chi connectivity index (χ4v) is 2.45. The van der Waals surface area contributed by atoms with Gasteiger partial charge in [0.05, 0.1) is 16.8 Å². The van der Waals surface area contributed by atoms with E-state index in [4.69, 9.17) is 11.6 Å². The van der Waals surface area contributed by atoms with E-state index < -0.39 is 0 Å². The largest absolute Gasteiger partial charge is 0.392 e. The maximum atomic E-state index is 9.47. The molecule has 0 aromatic carbocycles. The van der Waals surface area contributed by atoms with Gasteiger partial charge >= 0.3 is 0 Å². The number of β-amino-alcohol motifs (C(OH)–C–C–N with tert-alkyl or cyclic N) is 1. The van der Waals surface area contributed by atoms with Crippen molar-refractivity contribution in [3.8, 4) is 0 Å². The van der Waals surface area contributed by atoms with Gasteiger partial charge in [-0.15, -0.1) is 0 Å². The van der Waals surface area contributed by atoms with Crippen LogP contribution in [0.25, 0.3) is 5.65 Å². The maximum absolute atomic E-state index is 9.47. The number of nitrogens with zero attached hydrogens (tertiary/aromatic N) is 3. The van der Waals surface area contributed by atoms with E-state index in [2.05, 4.69) is 9.88 Å². The van der Waals surface area contributed by atoms with E-state index in [0.29, 0.717) is 5.02 Å². The molecule has 17 heavy (non-hydrogen) atoms. The molecular formula is C12H14ClN3O. The number of hydrogen-bond donors (Lipinski definition) is 1. The maximum Gasteiger partial charge on any atom is 0.137 e. The van der Waals surface area contributed by atoms with Crippen LogP contribution in [-0.2, 0) is 6.54 Å². The van der Waals surface area contributed by atoms with Gasteiger partial charge in [0.2, 0.25) is 0 Å². The molecule has 3 rings (SSSR count). The molecule has 0 radical (unpaired) electrons. The van der Waals surface area contributed by atoms with Crippen molar-refractivity contribution in [1.29, 1.82) is 0 Å². The van der Waals surface area contributed by atoms with Gasteiger partial charge in [-0.2, -0.15) is 0 Å². The number of halogens is 1. The van der Waals surface area contributed by atoms with Crippen LogP contribution >= 0.6 is 11.6 Å². The number of aliphatic hydroxyl groups excluding tert-OH is 1. The van der Waals surface area contributed by atoms with E-state index in [0.717, 1.165) is 37.4 Å². The first-order valence-corrected chi connectivity index (χ1v) is 6.12. The lowest BCUT2D eigenvalue weighted by atomic mass is 10.3. The molecular weight excluding hydrogens is 238 g/mol. The molecule has 0 spiro atoms. The molecule has 1 aliphatic rings. The Kier molecular flexibility index (Phi) is 2.78. The minimum absolute atomic E-state index is 0.179. The van der Waals surface area contributed by atoms with E-state index >= 15 is 0 Å². The van der Waals surface area contributed by atoms with Crippen molar-refractivity contribution in [2.45, 2.75) is 19.1 Å². The molecule has 0 saturated carbocycles. The van der Waals surface area contributed by atoms with Gasteiger partial charge in [0.25, 0.3) is 0 Å². The van der Waals surface area contributed by atoms with Crippen LogP contribution < -0.4 is 0 Å². The summed E-state index contributed by atoms with van der Waals surface area (Å²) in [6.45, 7) is 2.47. The molecule has 2 aromatic heterocycles. The molecule has 1 fully saturated rings. The summed E-state index contributed by atoms with van der Waals surface area (Å²) < 4.78 is 1.93. The Labute approximate surface area is 104 Å². The number of rotatable bonds is 2. The topological polar surface area (TPSA) is 40.8 Å². The zero-order chi connectivity index (χ0) is 11.8. The molecule has 0 bridgehead atoms. The van der Waals surface area contributed by atoms with Gasteiger partial charge in [-0.3, -0.25) is 4.90 Å². The first kappa shape index (κ1) is 11.0. The van der Waals surface area contributed by atoms with E-state index in [1.165, 1.54) is 0 Å². The average molecular weight is 252 g/mol. The Bertz CT molecular complexity index is 540. The van der Waals surface area contributed by atoms with E-state index in [1.54, 1.807) is 0 Å². The van der Waals surface area contributed by atoms with Crippen LogP contribution in [0.15, 0.2) is 24.5 Å². The SMILES string of the molecule is OC1CCN(Cc2cn3cc(Cl)ccc3n2)C1. The molecule has 0 amide bonds. The Morgan fingerprint density at radius 2 is 2.29 bits per heavy atom. The first-order valence-electron chi connectivity index (χ1n) is 5.74. The highest BCUT2D eigenvalue weighted by atomic mass is 35.5. The summed E-state index contributed by atoms with van der Waals surface area (Å²) in [6.07, 6.45) is 4.53. The van der Waals surface area contributed by atoms with E-state index in [-0.39, 0.29) is 6.10 Å². The Morgan fingerprint density at radius 3 is 3.06 bits per heavy atom. The molecule has 4 nitrogen and oxygen atoms in total. The van der Waals surface area contributed by atoms with Gasteiger partial charge in [0.1, 0.15) is 5.65 Å². The number of imidazole rings is 1. The molecule has 0 aliphatic carbocycles. The van der Waals surface area contributed by atoms with Crippen molar-refractivity contribution in [2.24, 2.45) is 0 Å². The molecule has 2 aromatic rings. The van der Waals surface area contributed by atoms with Crippen molar-refractivity contribution in [2.75, 3.05) is 13.1 Å². The predicted molar refractivity (Wildman–Crippen MR) is 66.1 cm³/mol. The van der Waals surface area contributed by atoms with Crippen molar-refractivity contribution in [3.05, 3.63) is 35.2 Å². The minimum atomic E-state index is -0.179. The number of aromatic nitrogens is 2. The molecule has 1 atom stereocenters. The Hall–Kier alpha value is -1.10. The van der Waals surface area contributed by atoms with Crippen LogP contribution in [0.4, 0.5) is 0 Å². The molecule has 3 heterocycles. The summed E-state index contributed by atoms with van der Waals surface area (Å²) in [5, 5.41) is 10.2. The summed E-state index contributed by atoms with van der Waals surface area (Å²) in [7, 11) is 0. The van der Waals surface area contributed by atoms with Gasteiger partial charge < -0.3 is 9.51 Å². The molecule has 1 saturated heterocycles. The molecule has 5 heteroatoms. The molecule has 1 unspecified atom stereocenters. The lowest BCUT2D eigenvalue weighted by Crippen LogP contribution is -2.21. The smallest absolute Gasteiger partial charge is 0.137 e. The summed E-state index contributed by atoms with van der Waals surface area (Å²) >= 11 is 5.93. The molecule has 90 valence electrons. The monoisotopic (exact) mass is 251 g/mol. The zero-order valence-corrected chi connectivity index (χ0v) is 10.1. The minimum Gasteiger partial charge on any atom is -0.392 e. The fraction of sp³-hybridized carbons (Fsp3) is 0.417. The van der Waals surface area contributed by atoms with Gasteiger partial charge in [0, 0.05) is 32.0 Å². The van der Waals surface area contributed by atoms with Crippen LogP contribution in [0, 0.1) is 0 Å².